The molecule has 0 bridgehead atoms. The van der Waals surface area contributed by atoms with Crippen molar-refractivity contribution in [1.82, 2.24) is 10.0 Å². The number of rotatable bonds is 4. The lowest BCUT2D eigenvalue weighted by Crippen LogP contribution is -2.40. The monoisotopic (exact) mass is 393 g/mol. The summed E-state index contributed by atoms with van der Waals surface area (Å²) in [6.45, 7) is 6.03. The molecule has 0 radical (unpaired) electrons. The number of carbonyl (C=O) groups is 2. The van der Waals surface area contributed by atoms with Crippen LogP contribution in [0.15, 0.2) is 51.4 Å². The predicted molar refractivity (Wildman–Crippen MR) is 99.7 cm³/mol. The molecule has 0 spiro atoms. The first-order valence-corrected chi connectivity index (χ1v) is 8.79. The van der Waals surface area contributed by atoms with Gasteiger partial charge in [-0.15, -0.1) is 0 Å². The number of aliphatic imine (C=N–C) groups is 1. The minimum Gasteiger partial charge on any atom is -0.475 e. The van der Waals surface area contributed by atoms with Crippen molar-refractivity contribution >= 4 is 40.7 Å². The number of aliphatic carboxylic acids is 1. The molecule has 0 amide bonds. The molecule has 1 atom stereocenters. The summed E-state index contributed by atoms with van der Waals surface area (Å²) in [6, 6.07) is 7.32. The zero-order chi connectivity index (χ0) is 19.2. The highest BCUT2D eigenvalue weighted by Gasteiger charge is 2.43. The van der Waals surface area contributed by atoms with E-state index in [1.165, 1.54) is 0 Å². The van der Waals surface area contributed by atoms with Gasteiger partial charge in [-0.2, -0.15) is 0 Å². The first-order valence-electron chi connectivity index (χ1n) is 8.03. The Balaban J connectivity index is 2.16. The van der Waals surface area contributed by atoms with Gasteiger partial charge in [-0.1, -0.05) is 42.3 Å². The Labute approximate surface area is 161 Å². The molecule has 1 aromatic carbocycles. The number of Topliss-reactive ketones (excluding diaryl/α,β-unsaturated/α-hetero) is 1. The van der Waals surface area contributed by atoms with Crippen LogP contribution in [0, 0.1) is 0 Å². The van der Waals surface area contributed by atoms with Gasteiger partial charge in [-0.25, -0.2) is 19.8 Å². The second-order valence-corrected chi connectivity index (χ2v) is 6.82. The van der Waals surface area contributed by atoms with Crippen molar-refractivity contribution in [2.45, 2.75) is 26.8 Å². The van der Waals surface area contributed by atoms with Crippen molar-refractivity contribution in [3.63, 3.8) is 0 Å². The number of benzene rings is 1. The Morgan fingerprint density at radius 1 is 1.27 bits per heavy atom. The SMILES string of the molecule is CCN1C(c2cccc(Cl)c2)C(C)=C2N=C(C)C(C(=O)C(=O)O)=C(Cl)N21. The number of carboxylic acid groups (broad SMARTS) is 1. The number of carbonyl (C=O) groups excluding carboxylic acids is 1. The number of hydrogen-bond donors (Lipinski definition) is 1. The minimum atomic E-state index is -1.56. The Morgan fingerprint density at radius 3 is 2.54 bits per heavy atom. The first kappa shape index (κ1) is 18.6. The number of likely N-dealkylation sites (N-methyl/N-ethyl adjacent to an activating group) is 1. The van der Waals surface area contributed by atoms with Gasteiger partial charge in [0.2, 0.25) is 0 Å². The van der Waals surface area contributed by atoms with E-state index in [0.717, 1.165) is 11.1 Å². The molecule has 2 aliphatic heterocycles. The van der Waals surface area contributed by atoms with Crippen molar-refractivity contribution < 1.29 is 14.7 Å². The molecule has 2 heterocycles. The van der Waals surface area contributed by atoms with Gasteiger partial charge >= 0.3 is 5.97 Å². The number of halogens is 2. The fourth-order valence-corrected chi connectivity index (χ4v) is 3.95. The molecule has 26 heavy (non-hydrogen) atoms. The van der Waals surface area contributed by atoms with Crippen molar-refractivity contribution in [2.75, 3.05) is 6.54 Å². The fraction of sp³-hybridized carbons (Fsp3) is 0.278. The predicted octanol–water partition coefficient (Wildman–Crippen LogP) is 3.74. The van der Waals surface area contributed by atoms with E-state index in [0.29, 0.717) is 17.4 Å². The molecule has 1 unspecified atom stereocenters. The molecule has 1 aromatic rings. The van der Waals surface area contributed by atoms with Gasteiger partial charge < -0.3 is 5.11 Å². The van der Waals surface area contributed by atoms with Crippen LogP contribution in [0.25, 0.3) is 0 Å². The van der Waals surface area contributed by atoms with E-state index in [4.69, 9.17) is 28.3 Å². The Hall–Kier alpha value is -2.15. The molecule has 136 valence electrons. The van der Waals surface area contributed by atoms with E-state index in [1.807, 2.05) is 37.1 Å². The van der Waals surface area contributed by atoms with Crippen LogP contribution in [0.2, 0.25) is 5.02 Å². The number of nitrogens with zero attached hydrogens (tertiary/aromatic N) is 3. The standard InChI is InChI=1S/C18H17Cl2N3O3/c1-4-22-14(11-6-5-7-12(19)8-11)9(2)17-21-10(3)13(15(24)18(25)26)16(20)23(17)22/h5-8,14H,4H2,1-3H3,(H,25,26). The number of fused-ring (bicyclic) bond motifs is 1. The zero-order valence-corrected chi connectivity index (χ0v) is 16.0. The molecule has 3 rings (SSSR count). The van der Waals surface area contributed by atoms with Gasteiger partial charge in [-0.3, -0.25) is 4.79 Å². The van der Waals surface area contributed by atoms with Crippen LogP contribution in [0.3, 0.4) is 0 Å². The van der Waals surface area contributed by atoms with E-state index >= 15 is 0 Å². The van der Waals surface area contributed by atoms with Gasteiger partial charge in [0.05, 0.1) is 17.3 Å². The third-order valence-corrected chi connectivity index (χ3v) is 5.04. The smallest absolute Gasteiger partial charge is 0.377 e. The average molecular weight is 394 g/mol. The third-order valence-electron chi connectivity index (χ3n) is 4.46. The van der Waals surface area contributed by atoms with Crippen LogP contribution >= 0.6 is 23.2 Å². The quantitative estimate of drug-likeness (QED) is 0.622. The summed E-state index contributed by atoms with van der Waals surface area (Å²) in [5.41, 5.74) is 2.09. The maximum Gasteiger partial charge on any atom is 0.377 e. The summed E-state index contributed by atoms with van der Waals surface area (Å²) in [4.78, 5) is 27.7. The molecule has 8 heteroatoms. The first-order chi connectivity index (χ1) is 12.3. The number of carboxylic acids is 1. The van der Waals surface area contributed by atoms with E-state index in [-0.39, 0.29) is 22.5 Å². The lowest BCUT2D eigenvalue weighted by Gasteiger charge is -2.35. The molecule has 0 aromatic heterocycles. The molecule has 0 saturated carbocycles. The second-order valence-electron chi connectivity index (χ2n) is 6.03. The number of ketones is 1. The van der Waals surface area contributed by atoms with Crippen LogP contribution in [0.1, 0.15) is 32.4 Å². The lowest BCUT2D eigenvalue weighted by molar-refractivity contribution is -0.147. The Bertz CT molecular complexity index is 905. The molecule has 2 aliphatic rings. The van der Waals surface area contributed by atoms with Crippen LogP contribution in [-0.2, 0) is 9.59 Å². The molecular formula is C18H17Cl2N3O3. The van der Waals surface area contributed by atoms with Crippen molar-refractivity contribution in [1.29, 1.82) is 0 Å². The highest BCUT2D eigenvalue weighted by Crippen LogP contribution is 2.45. The summed E-state index contributed by atoms with van der Waals surface area (Å²) in [6.07, 6.45) is 0. The molecule has 0 saturated heterocycles. The Morgan fingerprint density at radius 2 is 1.96 bits per heavy atom. The molecule has 6 nitrogen and oxygen atoms in total. The van der Waals surface area contributed by atoms with Crippen LogP contribution in [-0.4, -0.2) is 39.1 Å². The minimum absolute atomic E-state index is 0.0469. The van der Waals surface area contributed by atoms with E-state index in [1.54, 1.807) is 18.0 Å². The van der Waals surface area contributed by atoms with Crippen LogP contribution < -0.4 is 0 Å². The highest BCUT2D eigenvalue weighted by molar-refractivity contribution is 6.50. The van der Waals surface area contributed by atoms with Crippen molar-refractivity contribution in [3.8, 4) is 0 Å². The second kappa shape index (κ2) is 6.87. The third kappa shape index (κ3) is 2.84. The van der Waals surface area contributed by atoms with E-state index in [9.17, 15) is 9.59 Å². The van der Waals surface area contributed by atoms with Crippen molar-refractivity contribution in [2.24, 2.45) is 4.99 Å². The van der Waals surface area contributed by atoms with Crippen molar-refractivity contribution in [3.05, 3.63) is 57.0 Å². The van der Waals surface area contributed by atoms with Gasteiger partial charge in [0.25, 0.3) is 5.78 Å². The summed E-state index contributed by atoms with van der Waals surface area (Å²) in [5.74, 6) is -2.04. The maximum absolute atomic E-state index is 12.1. The highest BCUT2D eigenvalue weighted by atomic mass is 35.5. The summed E-state index contributed by atoms with van der Waals surface area (Å²) < 4.78 is 0. The van der Waals surface area contributed by atoms with Gasteiger partial charge in [0.1, 0.15) is 11.0 Å². The zero-order valence-electron chi connectivity index (χ0n) is 14.5. The van der Waals surface area contributed by atoms with Gasteiger partial charge in [0, 0.05) is 11.6 Å². The van der Waals surface area contributed by atoms with Gasteiger partial charge in [-0.05, 0) is 37.1 Å². The molecular weight excluding hydrogens is 377 g/mol. The molecule has 0 fully saturated rings. The normalized spacial score (nSPS) is 20.4. The van der Waals surface area contributed by atoms with Gasteiger partial charge in [0.15, 0.2) is 0 Å². The van der Waals surface area contributed by atoms with Crippen LogP contribution in [0.5, 0.6) is 0 Å². The number of hydrogen-bond acceptors (Lipinski definition) is 5. The maximum atomic E-state index is 12.1. The fourth-order valence-electron chi connectivity index (χ4n) is 3.35. The molecule has 0 aliphatic carbocycles. The van der Waals surface area contributed by atoms with Crippen LogP contribution in [0.4, 0.5) is 0 Å². The van der Waals surface area contributed by atoms with E-state index < -0.39 is 11.8 Å². The topological polar surface area (TPSA) is 73.2 Å². The lowest BCUT2D eigenvalue weighted by atomic mass is 10.0. The molecule has 1 N–H and O–H groups in total. The number of hydrazine groups is 1. The Kier molecular flexibility index (Phi) is 4.92. The summed E-state index contributed by atoms with van der Waals surface area (Å²) in [7, 11) is 0. The summed E-state index contributed by atoms with van der Waals surface area (Å²) in [5, 5.41) is 13.3. The summed E-state index contributed by atoms with van der Waals surface area (Å²) >= 11 is 12.6. The average Bonchev–Trinajstić information content (AvgIpc) is 2.87. The largest absolute Gasteiger partial charge is 0.475 e. The van der Waals surface area contributed by atoms with E-state index in [2.05, 4.69) is 4.99 Å².